The number of hydrogen-bond donors (Lipinski definition) is 2. The number of nitrogens with zero attached hydrogens (tertiary/aromatic N) is 3. The molecule has 1 aliphatic rings. The highest BCUT2D eigenvalue weighted by Gasteiger charge is 2.15. The molecule has 2 heterocycles. The number of ether oxygens (including phenoxy) is 1. The number of aromatic amines is 1. The third-order valence-electron chi connectivity index (χ3n) is 4.45. The number of aliphatic imine (C=N–C) groups is 1. The van der Waals surface area contributed by atoms with Crippen molar-refractivity contribution >= 4 is 29.9 Å². The zero-order valence-corrected chi connectivity index (χ0v) is 17.8. The van der Waals surface area contributed by atoms with Crippen molar-refractivity contribution < 1.29 is 4.74 Å². The molecule has 2 N–H and O–H groups in total. The maximum absolute atomic E-state index is 5.66. The lowest BCUT2D eigenvalue weighted by molar-refractivity contribution is 0.105. The number of nitrogens with one attached hydrogen (secondary N) is 2. The largest absolute Gasteiger partial charge is 0.378 e. The maximum atomic E-state index is 5.66. The molecule has 3 rings (SSSR count). The van der Waals surface area contributed by atoms with Crippen molar-refractivity contribution in [3.05, 3.63) is 42.4 Å². The minimum Gasteiger partial charge on any atom is -0.378 e. The third-order valence-corrected chi connectivity index (χ3v) is 4.45. The van der Waals surface area contributed by atoms with Gasteiger partial charge in [0.1, 0.15) is 5.82 Å². The van der Waals surface area contributed by atoms with Gasteiger partial charge in [0, 0.05) is 27.2 Å². The Morgan fingerprint density at radius 3 is 2.88 bits per heavy atom. The highest BCUT2D eigenvalue weighted by molar-refractivity contribution is 14.0. The summed E-state index contributed by atoms with van der Waals surface area (Å²) >= 11 is 0. The fourth-order valence-corrected chi connectivity index (χ4v) is 3.11. The van der Waals surface area contributed by atoms with Gasteiger partial charge in [-0.3, -0.25) is 4.99 Å². The minimum atomic E-state index is 0. The monoisotopic (exact) mass is 469 g/mol. The highest BCUT2D eigenvalue weighted by atomic mass is 127. The van der Waals surface area contributed by atoms with Gasteiger partial charge >= 0.3 is 0 Å². The first-order valence-electron chi connectivity index (χ1n) is 8.89. The van der Waals surface area contributed by atoms with E-state index in [9.17, 15) is 0 Å². The van der Waals surface area contributed by atoms with Crippen LogP contribution >= 0.6 is 24.0 Å². The summed E-state index contributed by atoms with van der Waals surface area (Å²) in [5, 5.41) is 3.41. The molecule has 1 unspecified atom stereocenters. The average molecular weight is 469 g/mol. The number of H-pyrrole nitrogens is 1. The topological polar surface area (TPSA) is 65.5 Å². The zero-order chi connectivity index (χ0) is 17.5. The van der Waals surface area contributed by atoms with Crippen LogP contribution in [-0.2, 0) is 11.3 Å². The van der Waals surface area contributed by atoms with Crippen molar-refractivity contribution in [3.63, 3.8) is 0 Å². The summed E-state index contributed by atoms with van der Waals surface area (Å²) in [5.74, 6) is 1.79. The summed E-state index contributed by atoms with van der Waals surface area (Å²) in [5.41, 5.74) is 2.17. The van der Waals surface area contributed by atoms with Crippen molar-refractivity contribution in [1.29, 1.82) is 0 Å². The number of rotatable bonds is 6. The molecule has 0 bridgehead atoms. The average Bonchev–Trinajstić information content (AvgIpc) is 3.31. The molecular formula is C19H28IN5O. The van der Waals surface area contributed by atoms with Gasteiger partial charge in [0.15, 0.2) is 5.96 Å². The number of hydrogen-bond acceptors (Lipinski definition) is 3. The number of benzene rings is 1. The molecule has 1 fully saturated rings. The second kappa shape index (κ2) is 10.5. The molecule has 0 amide bonds. The van der Waals surface area contributed by atoms with Crippen molar-refractivity contribution in [3.8, 4) is 11.3 Å². The van der Waals surface area contributed by atoms with Gasteiger partial charge in [-0.1, -0.05) is 30.3 Å². The lowest BCUT2D eigenvalue weighted by Gasteiger charge is -2.21. The van der Waals surface area contributed by atoms with Crippen LogP contribution in [0.2, 0.25) is 0 Å². The number of guanidine groups is 1. The summed E-state index contributed by atoms with van der Waals surface area (Å²) in [6.07, 6.45) is 5.65. The molecule has 6 nitrogen and oxygen atoms in total. The van der Waals surface area contributed by atoms with E-state index in [4.69, 9.17) is 4.74 Å². The molecule has 7 heteroatoms. The SMILES string of the molecule is CN=C(NCCC1CCCO1)N(C)Cc1ncc(-c2ccccc2)[nH]1.I. The Balaban J connectivity index is 0.00000243. The van der Waals surface area contributed by atoms with Gasteiger partial charge in [0.05, 0.1) is 24.5 Å². The van der Waals surface area contributed by atoms with E-state index in [-0.39, 0.29) is 24.0 Å². The van der Waals surface area contributed by atoms with E-state index in [0.717, 1.165) is 42.6 Å². The molecule has 26 heavy (non-hydrogen) atoms. The first-order valence-corrected chi connectivity index (χ1v) is 8.89. The standard InChI is InChI=1S/C19H27N5O.HI/c1-20-19(21-11-10-16-9-6-12-25-16)24(2)14-18-22-13-17(23-18)15-7-4-3-5-8-15;/h3-5,7-8,13,16H,6,9-12,14H2,1-2H3,(H,20,21)(H,22,23);1H. The summed E-state index contributed by atoms with van der Waals surface area (Å²) in [6, 6.07) is 10.2. The maximum Gasteiger partial charge on any atom is 0.193 e. The van der Waals surface area contributed by atoms with Gasteiger partial charge in [-0.05, 0) is 24.8 Å². The summed E-state index contributed by atoms with van der Waals surface area (Å²) < 4.78 is 5.66. The van der Waals surface area contributed by atoms with E-state index in [1.165, 1.54) is 12.8 Å². The van der Waals surface area contributed by atoms with Crippen molar-refractivity contribution in [2.75, 3.05) is 27.2 Å². The number of aromatic nitrogens is 2. The molecule has 1 saturated heterocycles. The molecule has 1 aliphatic heterocycles. The molecule has 0 radical (unpaired) electrons. The molecule has 142 valence electrons. The van der Waals surface area contributed by atoms with Crippen LogP contribution in [0.4, 0.5) is 0 Å². The number of halogens is 1. The van der Waals surface area contributed by atoms with Gasteiger partial charge in [0.2, 0.25) is 0 Å². The molecule has 1 aromatic carbocycles. The molecule has 0 aliphatic carbocycles. The highest BCUT2D eigenvalue weighted by Crippen LogP contribution is 2.17. The Bertz CT molecular complexity index is 682. The molecule has 1 atom stereocenters. The second-order valence-electron chi connectivity index (χ2n) is 6.36. The van der Waals surface area contributed by atoms with Crippen LogP contribution in [0.1, 0.15) is 25.1 Å². The molecule has 0 saturated carbocycles. The van der Waals surface area contributed by atoms with E-state index in [0.29, 0.717) is 12.6 Å². The van der Waals surface area contributed by atoms with E-state index < -0.39 is 0 Å². The van der Waals surface area contributed by atoms with Crippen LogP contribution in [0.25, 0.3) is 11.3 Å². The third kappa shape index (κ3) is 5.70. The Labute approximate surface area is 172 Å². The second-order valence-corrected chi connectivity index (χ2v) is 6.36. The Hall–Kier alpha value is -1.61. The van der Waals surface area contributed by atoms with Gasteiger partial charge in [-0.25, -0.2) is 4.98 Å². The van der Waals surface area contributed by atoms with Crippen LogP contribution in [0.15, 0.2) is 41.5 Å². The van der Waals surface area contributed by atoms with Crippen LogP contribution in [0.5, 0.6) is 0 Å². The summed E-state index contributed by atoms with van der Waals surface area (Å²) in [4.78, 5) is 14.3. The van der Waals surface area contributed by atoms with Crippen LogP contribution < -0.4 is 5.32 Å². The van der Waals surface area contributed by atoms with Crippen LogP contribution in [-0.4, -0.2) is 54.2 Å². The fraction of sp³-hybridized carbons (Fsp3) is 0.474. The first kappa shape index (κ1) is 20.7. The predicted octanol–water partition coefficient (Wildman–Crippen LogP) is 3.27. The predicted molar refractivity (Wildman–Crippen MR) is 116 cm³/mol. The van der Waals surface area contributed by atoms with E-state index in [1.54, 1.807) is 0 Å². The van der Waals surface area contributed by atoms with Gasteiger partial charge in [-0.2, -0.15) is 0 Å². The normalized spacial score (nSPS) is 17.0. The van der Waals surface area contributed by atoms with Gasteiger partial charge in [0.25, 0.3) is 0 Å². The van der Waals surface area contributed by atoms with Crippen molar-refractivity contribution in [2.45, 2.75) is 31.9 Å². The van der Waals surface area contributed by atoms with Crippen molar-refractivity contribution in [2.24, 2.45) is 4.99 Å². The van der Waals surface area contributed by atoms with Crippen LogP contribution in [0.3, 0.4) is 0 Å². The molecule has 0 spiro atoms. The Kier molecular flexibility index (Phi) is 8.37. The van der Waals surface area contributed by atoms with E-state index in [2.05, 4.69) is 37.3 Å². The minimum absolute atomic E-state index is 0. The molecule has 2 aromatic rings. The van der Waals surface area contributed by atoms with E-state index in [1.807, 2.05) is 38.5 Å². The number of imidazole rings is 1. The lowest BCUT2D eigenvalue weighted by atomic mass is 10.2. The smallest absolute Gasteiger partial charge is 0.193 e. The Morgan fingerprint density at radius 1 is 1.38 bits per heavy atom. The summed E-state index contributed by atoms with van der Waals surface area (Å²) in [7, 11) is 3.83. The fourth-order valence-electron chi connectivity index (χ4n) is 3.11. The summed E-state index contributed by atoms with van der Waals surface area (Å²) in [6.45, 7) is 2.45. The van der Waals surface area contributed by atoms with Gasteiger partial charge in [-0.15, -0.1) is 24.0 Å². The molecule has 1 aromatic heterocycles. The molecular weight excluding hydrogens is 441 g/mol. The lowest BCUT2D eigenvalue weighted by Crippen LogP contribution is -2.39. The first-order chi connectivity index (χ1) is 12.3. The van der Waals surface area contributed by atoms with Crippen LogP contribution in [0, 0.1) is 0 Å². The zero-order valence-electron chi connectivity index (χ0n) is 15.4. The van der Waals surface area contributed by atoms with Crippen molar-refractivity contribution in [1.82, 2.24) is 20.2 Å². The quantitative estimate of drug-likeness (QED) is 0.387. The van der Waals surface area contributed by atoms with E-state index >= 15 is 0 Å². The Morgan fingerprint density at radius 2 is 2.19 bits per heavy atom. The van der Waals surface area contributed by atoms with Gasteiger partial charge < -0.3 is 19.9 Å².